The highest BCUT2D eigenvalue weighted by molar-refractivity contribution is 8.00. The van der Waals surface area contributed by atoms with E-state index in [2.05, 4.69) is 31.1 Å². The van der Waals surface area contributed by atoms with Crippen LogP contribution in [0.1, 0.15) is 46.4 Å². The number of amides is 4. The topological polar surface area (TPSA) is 269 Å². The molecule has 0 bridgehead atoms. The number of nitro groups is 1. The number of carbonyl (C=O) groups is 5. The molecule has 2 heterocycles. The Bertz CT molecular complexity index is 3660. The van der Waals surface area contributed by atoms with Gasteiger partial charge in [0.25, 0.3) is 11.6 Å². The number of carboxylic acids is 1. The Hall–Kier alpha value is -9.51. The molecule has 2 aliphatic heterocycles. The number of rotatable bonds is 24. The zero-order valence-corrected chi connectivity index (χ0v) is 47.2. The first kappa shape index (κ1) is 58.6. The fraction of sp³-hybridized carbons (Fsp3) is 0.288. The first-order chi connectivity index (χ1) is 39.4. The summed E-state index contributed by atoms with van der Waals surface area (Å²) in [6.45, 7) is 1.13. The number of likely N-dealkylation sites (tertiary alicyclic amines) is 1. The third-order valence-electron chi connectivity index (χ3n) is 13.6. The average Bonchev–Trinajstić information content (AvgIpc) is 2.29. The summed E-state index contributed by atoms with van der Waals surface area (Å²) in [5.41, 5.74) is 5.63. The van der Waals surface area contributed by atoms with Gasteiger partial charge in [-0.1, -0.05) is 6.07 Å². The lowest BCUT2D eigenvalue weighted by molar-refractivity contribution is -0.384. The van der Waals surface area contributed by atoms with E-state index in [-0.39, 0.29) is 66.9 Å². The molecule has 2 N–H and O–H groups in total. The molecule has 0 saturated carbocycles. The van der Waals surface area contributed by atoms with Gasteiger partial charge in [0.05, 0.1) is 47.8 Å². The van der Waals surface area contributed by atoms with Crippen molar-refractivity contribution >= 4 is 92.1 Å². The Balaban J connectivity index is 0.756. The van der Waals surface area contributed by atoms with E-state index in [4.69, 9.17) is 13.9 Å². The normalized spacial score (nSPS) is 13.3. The first-order valence-corrected chi connectivity index (χ1v) is 27.2. The number of carboxylic acid groups (broad SMARTS) is 1. The summed E-state index contributed by atoms with van der Waals surface area (Å²) >= 11 is 1.31. The number of fused-ring (bicyclic) bond motifs is 2. The number of ether oxygens (including phenoxy) is 2. The number of aromatic carboxylic acids is 1. The minimum Gasteiger partial charge on any atom is -0.545 e. The summed E-state index contributed by atoms with van der Waals surface area (Å²) in [5.74, 6) is -1.03. The summed E-state index contributed by atoms with van der Waals surface area (Å²) in [6, 6.07) is 32.1. The van der Waals surface area contributed by atoms with Crippen LogP contribution in [0.5, 0.6) is 11.5 Å². The Kier molecular flexibility index (Phi) is 19.0. The number of anilines is 2. The van der Waals surface area contributed by atoms with E-state index >= 15 is 0 Å². The quantitative estimate of drug-likeness (QED) is 0.0109. The molecule has 0 spiro atoms. The average molecular weight is 1130 g/mol. The lowest BCUT2D eigenvalue weighted by Crippen LogP contribution is -2.35. The molecule has 0 aromatic heterocycles. The number of hydrogen-bond donors (Lipinski definition) is 2. The molecule has 1 fully saturated rings. The third kappa shape index (κ3) is 14.1. The van der Waals surface area contributed by atoms with Gasteiger partial charge in [-0.2, -0.15) is 10.2 Å². The molecule has 82 heavy (non-hydrogen) atoms. The zero-order chi connectivity index (χ0) is 58.6. The predicted octanol–water partition coefficient (Wildman–Crippen LogP) is 8.44. The number of non-ortho nitro benzene ring substituents is 1. The van der Waals surface area contributed by atoms with Gasteiger partial charge in [-0.15, -0.1) is 22.0 Å². The number of azo groups is 2. The molecule has 5 aromatic carbocycles. The van der Waals surface area contributed by atoms with Crippen LogP contribution >= 0.6 is 11.8 Å². The SMILES string of the molecule is COc1cc(N=Nc2ccc([N+](=O)[O-])cc2)c(OC)cc1N=Nc1ccc(N(C)CCCC(=O)NCCSC2CC(=O)N(CCCNC(=O)c3ccc(-c4c5ccc(=[N+](C)C)cc-5oc5cc(N(C)C)ccc45)c(C(=O)[O-])c3)C2=O)cc1. The number of thioether (sulfide) groups is 1. The van der Waals surface area contributed by atoms with Gasteiger partial charge in [-0.3, -0.25) is 34.2 Å². The highest BCUT2D eigenvalue weighted by atomic mass is 32.2. The van der Waals surface area contributed by atoms with E-state index in [1.807, 2.05) is 110 Å². The Morgan fingerprint density at radius 3 is 2.04 bits per heavy atom. The summed E-state index contributed by atoms with van der Waals surface area (Å²) < 4.78 is 19.4. The molecule has 5 aromatic rings. The molecule has 3 aliphatic rings. The van der Waals surface area contributed by atoms with E-state index in [0.29, 0.717) is 92.9 Å². The van der Waals surface area contributed by atoms with Crippen molar-refractivity contribution in [2.24, 2.45) is 20.5 Å². The van der Waals surface area contributed by atoms with Gasteiger partial charge in [0.2, 0.25) is 23.1 Å². The molecular weight excluding hydrogens is 1070 g/mol. The highest BCUT2D eigenvalue weighted by Crippen LogP contribution is 2.43. The van der Waals surface area contributed by atoms with Crippen molar-refractivity contribution in [3.05, 3.63) is 142 Å². The first-order valence-electron chi connectivity index (χ1n) is 26.1. The fourth-order valence-electron chi connectivity index (χ4n) is 9.09. The lowest BCUT2D eigenvalue weighted by Gasteiger charge is -2.20. The van der Waals surface area contributed by atoms with Crippen molar-refractivity contribution in [2.75, 3.05) is 91.2 Å². The van der Waals surface area contributed by atoms with E-state index in [9.17, 15) is 39.2 Å². The van der Waals surface area contributed by atoms with Crippen LogP contribution in [0, 0.1) is 10.1 Å². The maximum absolute atomic E-state index is 13.4. The number of nitro benzene ring substituents is 1. The predicted molar refractivity (Wildman–Crippen MR) is 312 cm³/mol. The lowest BCUT2D eigenvalue weighted by atomic mass is 9.89. The number of benzene rings is 6. The van der Waals surface area contributed by atoms with E-state index in [1.165, 1.54) is 61.2 Å². The summed E-state index contributed by atoms with van der Waals surface area (Å²) in [6.07, 6.45) is 1.18. The van der Waals surface area contributed by atoms with Crippen LogP contribution in [-0.4, -0.2) is 126 Å². The Labute approximate surface area is 476 Å². The molecule has 8 rings (SSSR count). The van der Waals surface area contributed by atoms with Gasteiger partial charge in [-0.25, -0.2) is 4.58 Å². The van der Waals surface area contributed by atoms with Crippen LogP contribution in [0.25, 0.3) is 33.4 Å². The largest absolute Gasteiger partial charge is 0.545 e. The number of carbonyl (C=O) groups excluding carboxylic acids is 5. The molecule has 1 aliphatic carbocycles. The van der Waals surface area contributed by atoms with Gasteiger partial charge in [0.1, 0.15) is 48.3 Å². The van der Waals surface area contributed by atoms with Crippen LogP contribution in [0.2, 0.25) is 0 Å². The van der Waals surface area contributed by atoms with Crippen LogP contribution < -0.4 is 44.9 Å². The number of nitrogens with zero attached hydrogens (tertiary/aromatic N) is 9. The molecule has 0 radical (unpaired) electrons. The molecule has 23 heteroatoms. The number of methoxy groups -OCH3 is 2. The van der Waals surface area contributed by atoms with Crippen molar-refractivity contribution < 1.29 is 47.9 Å². The summed E-state index contributed by atoms with van der Waals surface area (Å²) in [5, 5.41) is 47.5. The summed E-state index contributed by atoms with van der Waals surface area (Å²) in [7, 11) is 12.5. The van der Waals surface area contributed by atoms with E-state index < -0.39 is 22.0 Å². The smallest absolute Gasteiger partial charge is 0.269 e. The zero-order valence-electron chi connectivity index (χ0n) is 46.3. The van der Waals surface area contributed by atoms with Crippen molar-refractivity contribution in [3.8, 4) is 33.9 Å². The minimum absolute atomic E-state index is 0.0361. The van der Waals surface area contributed by atoms with Gasteiger partial charge >= 0.3 is 0 Å². The second-order valence-electron chi connectivity index (χ2n) is 19.5. The van der Waals surface area contributed by atoms with Gasteiger partial charge in [0, 0.05) is 141 Å². The molecule has 4 amide bonds. The monoisotopic (exact) mass is 1130 g/mol. The molecule has 424 valence electrons. The molecule has 1 atom stereocenters. The van der Waals surface area contributed by atoms with Crippen molar-refractivity contribution in [1.29, 1.82) is 0 Å². The number of imide groups is 1. The van der Waals surface area contributed by atoms with Crippen LogP contribution in [0.3, 0.4) is 0 Å². The molecule has 1 unspecified atom stereocenters. The van der Waals surface area contributed by atoms with E-state index in [0.717, 1.165) is 16.7 Å². The summed E-state index contributed by atoms with van der Waals surface area (Å²) in [4.78, 5) is 80.7. The fourth-order valence-corrected chi connectivity index (χ4v) is 10.1. The van der Waals surface area contributed by atoms with Crippen molar-refractivity contribution in [2.45, 2.75) is 30.9 Å². The maximum Gasteiger partial charge on any atom is 0.269 e. The van der Waals surface area contributed by atoms with Gasteiger partial charge < -0.3 is 44.2 Å². The Morgan fingerprint density at radius 1 is 0.768 bits per heavy atom. The number of hydrogen-bond acceptors (Lipinski definition) is 18. The van der Waals surface area contributed by atoms with Gasteiger partial charge in [-0.05, 0) is 85.1 Å². The highest BCUT2D eigenvalue weighted by Gasteiger charge is 2.38. The standard InChI is InChI=1S/C59H61N11O11S/c1-66(2)41-20-23-44-49(31-41)81-50-32-42(67(3)4)21-24-45(50)56(44)43-22-11-36(30-46(43)59(75)76)57(73)61-25-9-28-69-55(72)35-53(58(69)74)82-29-26-60-54(71)10-8-27-68(5)39-16-12-37(13-17-39)62-64-47-33-52(80-7)48(34-51(47)79-6)65-63-38-14-18-40(19-15-38)70(77)78/h11-24,30-34,53H,8-10,25-29,35H2,1-7H3,(H2-,60,61,71,73,75,76). The van der Waals surface area contributed by atoms with Crippen LogP contribution in [0.15, 0.2) is 140 Å². The second-order valence-corrected chi connectivity index (χ2v) is 20.8. The Morgan fingerprint density at radius 2 is 1.41 bits per heavy atom. The molecule has 1 saturated heterocycles. The molecule has 22 nitrogen and oxygen atoms in total. The van der Waals surface area contributed by atoms with Crippen LogP contribution in [0.4, 0.5) is 39.8 Å². The van der Waals surface area contributed by atoms with Crippen molar-refractivity contribution in [1.82, 2.24) is 20.1 Å². The molecular formula is C59H61N11O11S. The van der Waals surface area contributed by atoms with Crippen LogP contribution in [-0.2, 0) is 14.4 Å². The maximum atomic E-state index is 13.4. The van der Waals surface area contributed by atoms with Crippen molar-refractivity contribution in [3.63, 3.8) is 0 Å². The number of nitrogens with one attached hydrogen (secondary N) is 2. The second kappa shape index (κ2) is 26.6. The minimum atomic E-state index is -1.45. The third-order valence-corrected chi connectivity index (χ3v) is 14.8. The van der Waals surface area contributed by atoms with E-state index in [1.54, 1.807) is 24.3 Å². The van der Waals surface area contributed by atoms with Gasteiger partial charge in [0.15, 0.2) is 0 Å².